The monoisotopic (exact) mass is 909 g/mol. The van der Waals surface area contributed by atoms with Crippen LogP contribution in [0.15, 0.2) is 176 Å². The second-order valence-corrected chi connectivity index (χ2v) is 21.8. The third kappa shape index (κ3) is 5.35. The van der Waals surface area contributed by atoms with Crippen molar-refractivity contribution in [2.24, 2.45) is 0 Å². The van der Waals surface area contributed by atoms with E-state index in [2.05, 4.69) is 218 Å². The third-order valence-electron chi connectivity index (χ3n) is 16.6. The molecule has 1 nitrogen and oxygen atoms in total. The van der Waals surface area contributed by atoms with Crippen molar-refractivity contribution in [3.05, 3.63) is 209 Å². The van der Waals surface area contributed by atoms with Crippen LogP contribution in [0.5, 0.6) is 0 Å². The predicted octanol–water partition coefficient (Wildman–Crippen LogP) is 19.5. The SMILES string of the molecule is Cc1cc2c3cc4sc5ccccc5c4cc3c3cc(C)c(-c4ccc(-c5ccc6ccc7c(-c8ccc9c(c8)C(C)(C)c8ccc%10ccccc%10c8-9)ccc8ccc5c6c87)cn4)c(C)c3c2cc1C. The molecule has 1 aliphatic carbocycles. The highest BCUT2D eigenvalue weighted by atomic mass is 32.1. The zero-order chi connectivity index (χ0) is 46.9. The summed E-state index contributed by atoms with van der Waals surface area (Å²) >= 11 is 1.90. The third-order valence-corrected chi connectivity index (χ3v) is 17.8. The number of benzene rings is 12. The zero-order valence-electron chi connectivity index (χ0n) is 40.1. The van der Waals surface area contributed by atoms with E-state index in [1.807, 2.05) is 11.3 Å². The normalized spacial score (nSPS) is 13.4. The molecule has 330 valence electrons. The standard InChI is InChI=1S/C68H47NS/c1-36-29-52-54-34-62-55(48-13-9-10-14-61(48)70-62)33-53(54)57-31-38(3)63(39(4)64(57)56(52)30-37(36)2)60-28-21-44(35-69-60)46-23-16-42-17-24-49-45(22-15-41-18-25-50(46)66(42)65(41)49)43-19-26-51-59(32-43)68(5,6)58-27-20-40-11-7-8-12-47(40)67(51)58/h7-35H,1-6H3. The molecule has 0 spiro atoms. The second-order valence-electron chi connectivity index (χ2n) is 20.8. The highest BCUT2D eigenvalue weighted by Gasteiger charge is 2.37. The number of rotatable bonds is 3. The number of nitrogens with zero attached hydrogens (tertiary/aromatic N) is 1. The molecule has 0 fully saturated rings. The number of pyridine rings is 1. The van der Waals surface area contributed by atoms with E-state index in [0.29, 0.717) is 0 Å². The largest absolute Gasteiger partial charge is 0.256 e. The maximum atomic E-state index is 5.33. The van der Waals surface area contributed by atoms with Crippen LogP contribution in [0.25, 0.3) is 140 Å². The Kier molecular flexibility index (Phi) is 8.06. The van der Waals surface area contributed by atoms with E-state index in [1.54, 1.807) is 0 Å². The van der Waals surface area contributed by atoms with Crippen molar-refractivity contribution in [2.45, 2.75) is 47.0 Å². The van der Waals surface area contributed by atoms with Crippen molar-refractivity contribution >= 4 is 107 Å². The van der Waals surface area contributed by atoms with Gasteiger partial charge in [0.15, 0.2) is 0 Å². The van der Waals surface area contributed by atoms with Gasteiger partial charge in [0.1, 0.15) is 0 Å². The summed E-state index contributed by atoms with van der Waals surface area (Å²) in [5.41, 5.74) is 17.7. The number of hydrogen-bond acceptors (Lipinski definition) is 2. The second kappa shape index (κ2) is 14.1. The molecular weight excluding hydrogens is 863 g/mol. The zero-order valence-corrected chi connectivity index (χ0v) is 40.9. The average Bonchev–Trinajstić information content (AvgIpc) is 3.86. The summed E-state index contributed by atoms with van der Waals surface area (Å²) < 4.78 is 2.68. The van der Waals surface area contributed by atoms with E-state index in [1.165, 1.54) is 162 Å². The van der Waals surface area contributed by atoms with E-state index in [4.69, 9.17) is 4.98 Å². The van der Waals surface area contributed by atoms with Crippen LogP contribution in [-0.4, -0.2) is 4.98 Å². The topological polar surface area (TPSA) is 12.9 Å². The van der Waals surface area contributed by atoms with Gasteiger partial charge in [0.05, 0.1) is 5.69 Å². The lowest BCUT2D eigenvalue weighted by Crippen LogP contribution is -2.15. The highest BCUT2D eigenvalue weighted by molar-refractivity contribution is 7.25. The number of thiophene rings is 1. The first kappa shape index (κ1) is 40.0. The van der Waals surface area contributed by atoms with Gasteiger partial charge >= 0.3 is 0 Å². The molecule has 0 bridgehead atoms. The Morgan fingerprint density at radius 1 is 0.371 bits per heavy atom. The molecular formula is C68H47NS. The Labute approximate surface area is 410 Å². The van der Waals surface area contributed by atoms with E-state index >= 15 is 0 Å². The molecule has 0 saturated heterocycles. The van der Waals surface area contributed by atoms with Crippen molar-refractivity contribution in [2.75, 3.05) is 0 Å². The number of aromatic nitrogens is 1. The van der Waals surface area contributed by atoms with Gasteiger partial charge in [-0.25, -0.2) is 0 Å². The summed E-state index contributed by atoms with van der Waals surface area (Å²) in [5.74, 6) is 0. The Balaban J connectivity index is 0.861. The molecule has 2 heterocycles. The van der Waals surface area contributed by atoms with Gasteiger partial charge in [-0.15, -0.1) is 11.3 Å². The molecule has 0 saturated carbocycles. The summed E-state index contributed by atoms with van der Waals surface area (Å²) in [6.07, 6.45) is 2.11. The summed E-state index contributed by atoms with van der Waals surface area (Å²) in [6.45, 7) is 13.9. The molecule has 0 amide bonds. The van der Waals surface area contributed by atoms with Gasteiger partial charge in [0.2, 0.25) is 0 Å². The fraction of sp³-hybridized carbons (Fsp3) is 0.103. The molecule has 15 rings (SSSR count). The summed E-state index contributed by atoms with van der Waals surface area (Å²) in [6, 6.07) is 64.9. The van der Waals surface area contributed by atoms with Crippen LogP contribution in [0.4, 0.5) is 0 Å². The first-order valence-corrected chi connectivity index (χ1v) is 25.5. The Morgan fingerprint density at radius 3 is 1.71 bits per heavy atom. The number of hydrogen-bond donors (Lipinski definition) is 0. The Morgan fingerprint density at radius 2 is 0.971 bits per heavy atom. The van der Waals surface area contributed by atoms with Crippen molar-refractivity contribution in [3.8, 4) is 44.6 Å². The van der Waals surface area contributed by atoms with E-state index in [0.717, 1.165) is 11.3 Å². The van der Waals surface area contributed by atoms with Crippen molar-refractivity contribution in [1.82, 2.24) is 4.98 Å². The quantitative estimate of drug-likeness (QED) is 0.161. The maximum absolute atomic E-state index is 5.33. The number of fused-ring (bicyclic) bond motifs is 14. The average molecular weight is 910 g/mol. The summed E-state index contributed by atoms with van der Waals surface area (Å²) in [7, 11) is 0. The van der Waals surface area contributed by atoms with Crippen LogP contribution in [0.1, 0.15) is 47.2 Å². The van der Waals surface area contributed by atoms with Crippen LogP contribution in [-0.2, 0) is 5.41 Å². The van der Waals surface area contributed by atoms with Crippen molar-refractivity contribution < 1.29 is 0 Å². The fourth-order valence-corrected chi connectivity index (χ4v) is 14.2. The van der Waals surface area contributed by atoms with Gasteiger partial charge in [-0.3, -0.25) is 4.98 Å². The fourth-order valence-electron chi connectivity index (χ4n) is 13.1. The Hall–Kier alpha value is -7.91. The van der Waals surface area contributed by atoms with Crippen LogP contribution in [0, 0.1) is 27.7 Å². The molecule has 12 aromatic carbocycles. The van der Waals surface area contributed by atoms with Crippen LogP contribution < -0.4 is 0 Å². The maximum Gasteiger partial charge on any atom is 0.0707 e. The molecule has 0 radical (unpaired) electrons. The molecule has 1 aliphatic rings. The summed E-state index contributed by atoms with van der Waals surface area (Å²) in [5, 5.41) is 21.0. The molecule has 2 heteroatoms. The first-order valence-electron chi connectivity index (χ1n) is 24.7. The molecule has 0 N–H and O–H groups in total. The van der Waals surface area contributed by atoms with Crippen LogP contribution in [0.2, 0.25) is 0 Å². The molecule has 70 heavy (non-hydrogen) atoms. The lowest BCUT2D eigenvalue weighted by molar-refractivity contribution is 0.661. The van der Waals surface area contributed by atoms with Gasteiger partial charge in [-0.2, -0.15) is 0 Å². The highest BCUT2D eigenvalue weighted by Crippen LogP contribution is 2.53. The van der Waals surface area contributed by atoms with Crippen molar-refractivity contribution in [1.29, 1.82) is 0 Å². The van der Waals surface area contributed by atoms with E-state index < -0.39 is 0 Å². The van der Waals surface area contributed by atoms with Crippen LogP contribution in [0.3, 0.4) is 0 Å². The van der Waals surface area contributed by atoms with Crippen LogP contribution >= 0.6 is 11.3 Å². The molecule has 0 aliphatic heterocycles. The molecule has 0 atom stereocenters. The van der Waals surface area contributed by atoms with Crippen molar-refractivity contribution in [3.63, 3.8) is 0 Å². The summed E-state index contributed by atoms with van der Waals surface area (Å²) in [4.78, 5) is 5.33. The van der Waals surface area contributed by atoms with Gasteiger partial charge in [0.25, 0.3) is 0 Å². The molecule has 14 aromatic rings. The first-order chi connectivity index (χ1) is 34.1. The smallest absolute Gasteiger partial charge is 0.0707 e. The Bertz CT molecular complexity index is 4640. The predicted molar refractivity (Wildman–Crippen MR) is 304 cm³/mol. The van der Waals surface area contributed by atoms with E-state index in [-0.39, 0.29) is 5.41 Å². The molecule has 2 aromatic heterocycles. The lowest BCUT2D eigenvalue weighted by Gasteiger charge is -2.22. The van der Waals surface area contributed by atoms with E-state index in [9.17, 15) is 0 Å². The minimum Gasteiger partial charge on any atom is -0.256 e. The number of aryl methyl sites for hydroxylation is 4. The van der Waals surface area contributed by atoms with Gasteiger partial charge < -0.3 is 0 Å². The minimum absolute atomic E-state index is 0.103. The van der Waals surface area contributed by atoms with Gasteiger partial charge in [-0.1, -0.05) is 153 Å². The molecule has 0 unspecified atom stereocenters. The van der Waals surface area contributed by atoms with Gasteiger partial charge in [0, 0.05) is 42.9 Å². The lowest BCUT2D eigenvalue weighted by atomic mass is 9.81. The van der Waals surface area contributed by atoms with Gasteiger partial charge in [-0.05, 0) is 195 Å². The minimum atomic E-state index is -0.103.